The van der Waals surface area contributed by atoms with Gasteiger partial charge in [0.1, 0.15) is 0 Å². The third kappa shape index (κ3) is 5.53. The molecule has 1 amide bonds. The number of aryl methyl sites for hydroxylation is 1. The van der Waals surface area contributed by atoms with Gasteiger partial charge in [-0.3, -0.25) is 4.79 Å². The fourth-order valence-corrected chi connectivity index (χ4v) is 4.46. The van der Waals surface area contributed by atoms with Crippen LogP contribution < -0.4 is 4.90 Å². The highest BCUT2D eigenvalue weighted by Gasteiger charge is 2.27. The molecule has 2 aromatic carbocycles. The van der Waals surface area contributed by atoms with E-state index in [-0.39, 0.29) is 19.0 Å². The third-order valence-corrected chi connectivity index (χ3v) is 7.05. The Labute approximate surface area is 184 Å². The largest absolute Gasteiger partial charge is 0.368 e. The minimum Gasteiger partial charge on any atom is -0.368 e. The summed E-state index contributed by atoms with van der Waals surface area (Å²) in [5.41, 5.74) is 4.49. The van der Waals surface area contributed by atoms with Crippen molar-refractivity contribution >= 4 is 33.2 Å². The van der Waals surface area contributed by atoms with E-state index in [0.29, 0.717) is 18.1 Å². The average molecular weight is 450 g/mol. The highest BCUT2D eigenvalue weighted by atomic mass is 35.5. The van der Waals surface area contributed by atoms with Gasteiger partial charge in [-0.05, 0) is 48.7 Å². The van der Waals surface area contributed by atoms with E-state index in [9.17, 15) is 13.2 Å². The maximum Gasteiger partial charge on any atom is 0.238 e. The Bertz CT molecular complexity index is 1000. The molecule has 162 valence electrons. The molecule has 0 aromatic heterocycles. The number of benzene rings is 2. The van der Waals surface area contributed by atoms with Gasteiger partial charge in [0.2, 0.25) is 15.9 Å². The fraction of sp³-hybridized carbons (Fsp3) is 0.409. The molecule has 1 fully saturated rings. The summed E-state index contributed by atoms with van der Waals surface area (Å²) in [6.07, 6.45) is 1.13. The Hall–Kier alpha value is -2.09. The van der Waals surface area contributed by atoms with Gasteiger partial charge in [-0.15, -0.1) is 0 Å². The van der Waals surface area contributed by atoms with Crippen LogP contribution in [0.25, 0.3) is 0 Å². The summed E-state index contributed by atoms with van der Waals surface area (Å²) in [7, 11) is -3.53. The number of rotatable bonds is 6. The van der Waals surface area contributed by atoms with Gasteiger partial charge < -0.3 is 9.80 Å². The quantitative estimate of drug-likeness (QED) is 0.680. The zero-order chi connectivity index (χ0) is 21.9. The molecule has 0 saturated carbocycles. The lowest BCUT2D eigenvalue weighted by Crippen LogP contribution is -2.51. The van der Waals surface area contributed by atoms with E-state index < -0.39 is 10.0 Å². The number of nitrogens with zero attached hydrogens (tertiary/aromatic N) is 3. The monoisotopic (exact) mass is 449 g/mol. The predicted molar refractivity (Wildman–Crippen MR) is 121 cm³/mol. The van der Waals surface area contributed by atoms with Crippen molar-refractivity contribution in [1.82, 2.24) is 9.21 Å². The van der Waals surface area contributed by atoms with Crippen molar-refractivity contribution in [3.8, 4) is 0 Å². The van der Waals surface area contributed by atoms with Crippen LogP contribution in [0.4, 0.5) is 5.69 Å². The number of carbonyl (C=O) groups excluding carboxylic acids is 1. The average Bonchev–Trinajstić information content (AvgIpc) is 2.70. The minimum atomic E-state index is -3.53. The van der Waals surface area contributed by atoms with Gasteiger partial charge in [-0.1, -0.05) is 35.9 Å². The number of amides is 1. The van der Waals surface area contributed by atoms with Crippen molar-refractivity contribution in [3.05, 3.63) is 64.2 Å². The lowest BCUT2D eigenvalue weighted by atomic mass is 10.1. The Morgan fingerprint density at radius 1 is 1.03 bits per heavy atom. The molecule has 0 atom stereocenters. The number of hydrogen-bond donors (Lipinski definition) is 0. The molecular formula is C22H28ClN3O3S. The fourth-order valence-electron chi connectivity index (χ4n) is 3.61. The van der Waals surface area contributed by atoms with Crippen molar-refractivity contribution in [2.75, 3.05) is 43.9 Å². The second-order valence-electron chi connectivity index (χ2n) is 7.74. The maximum absolute atomic E-state index is 12.8. The highest BCUT2D eigenvalue weighted by molar-refractivity contribution is 7.88. The SMILES string of the molecule is Cc1cccc(N2CCN(C(=O)CN(Cc3ccc(Cl)cc3)S(C)(=O)=O)CC2)c1C. The van der Waals surface area contributed by atoms with Gasteiger partial charge in [0.25, 0.3) is 0 Å². The Morgan fingerprint density at radius 2 is 1.67 bits per heavy atom. The van der Waals surface area contributed by atoms with Gasteiger partial charge in [0, 0.05) is 43.4 Å². The van der Waals surface area contributed by atoms with Gasteiger partial charge in [-0.2, -0.15) is 4.31 Å². The van der Waals surface area contributed by atoms with Crippen molar-refractivity contribution in [3.63, 3.8) is 0 Å². The molecule has 0 unspecified atom stereocenters. The number of sulfonamides is 1. The van der Waals surface area contributed by atoms with Crippen molar-refractivity contribution < 1.29 is 13.2 Å². The maximum atomic E-state index is 12.8. The van der Waals surface area contributed by atoms with E-state index in [2.05, 4.69) is 36.9 Å². The summed E-state index contributed by atoms with van der Waals surface area (Å²) in [6, 6.07) is 13.2. The van der Waals surface area contributed by atoms with Crippen LogP contribution in [0.5, 0.6) is 0 Å². The molecular weight excluding hydrogens is 422 g/mol. The molecule has 1 heterocycles. The number of hydrogen-bond acceptors (Lipinski definition) is 4. The lowest BCUT2D eigenvalue weighted by molar-refractivity contribution is -0.131. The molecule has 0 N–H and O–H groups in total. The van der Waals surface area contributed by atoms with Crippen molar-refractivity contribution in [1.29, 1.82) is 0 Å². The normalized spacial score (nSPS) is 15.0. The first kappa shape index (κ1) is 22.6. The number of carbonyl (C=O) groups is 1. The molecule has 0 aliphatic carbocycles. The zero-order valence-electron chi connectivity index (χ0n) is 17.6. The molecule has 6 nitrogen and oxygen atoms in total. The summed E-state index contributed by atoms with van der Waals surface area (Å²) >= 11 is 5.90. The molecule has 0 radical (unpaired) electrons. The van der Waals surface area contributed by atoms with Crippen molar-refractivity contribution in [2.45, 2.75) is 20.4 Å². The Kier molecular flexibility index (Phi) is 7.06. The van der Waals surface area contributed by atoms with Crippen LogP contribution in [0.15, 0.2) is 42.5 Å². The molecule has 1 aliphatic heterocycles. The van der Waals surface area contributed by atoms with Crippen LogP contribution in [0.1, 0.15) is 16.7 Å². The molecule has 1 saturated heterocycles. The van der Waals surface area contributed by atoms with Crippen LogP contribution in [-0.4, -0.2) is 62.5 Å². The Balaban J connectivity index is 1.63. The number of halogens is 1. The smallest absolute Gasteiger partial charge is 0.238 e. The minimum absolute atomic E-state index is 0.143. The zero-order valence-corrected chi connectivity index (χ0v) is 19.2. The number of piperazine rings is 1. The molecule has 0 spiro atoms. The van der Waals surface area contributed by atoms with Gasteiger partial charge in [-0.25, -0.2) is 8.42 Å². The summed E-state index contributed by atoms with van der Waals surface area (Å²) in [4.78, 5) is 16.9. The van der Waals surface area contributed by atoms with E-state index >= 15 is 0 Å². The van der Waals surface area contributed by atoms with E-state index in [1.807, 2.05) is 0 Å². The summed E-state index contributed by atoms with van der Waals surface area (Å²) in [6.45, 7) is 6.80. The van der Waals surface area contributed by atoms with Gasteiger partial charge in [0.05, 0.1) is 12.8 Å². The van der Waals surface area contributed by atoms with Crippen LogP contribution >= 0.6 is 11.6 Å². The van der Waals surface area contributed by atoms with E-state index in [0.717, 1.165) is 24.9 Å². The van der Waals surface area contributed by atoms with Crippen LogP contribution in [0, 0.1) is 13.8 Å². The van der Waals surface area contributed by atoms with Crippen LogP contribution in [-0.2, 0) is 21.4 Å². The molecule has 0 bridgehead atoms. The molecule has 1 aliphatic rings. The van der Waals surface area contributed by atoms with Crippen LogP contribution in [0.3, 0.4) is 0 Å². The topological polar surface area (TPSA) is 60.9 Å². The molecule has 2 aromatic rings. The van der Waals surface area contributed by atoms with Gasteiger partial charge >= 0.3 is 0 Å². The molecule has 3 rings (SSSR count). The lowest BCUT2D eigenvalue weighted by Gasteiger charge is -2.37. The van der Waals surface area contributed by atoms with E-state index in [4.69, 9.17) is 11.6 Å². The molecule has 8 heteroatoms. The number of anilines is 1. The van der Waals surface area contributed by atoms with Crippen molar-refractivity contribution in [2.24, 2.45) is 0 Å². The summed E-state index contributed by atoms with van der Waals surface area (Å²) in [5.74, 6) is -0.171. The second kappa shape index (κ2) is 9.37. The third-order valence-electron chi connectivity index (χ3n) is 5.60. The summed E-state index contributed by atoms with van der Waals surface area (Å²) < 4.78 is 25.7. The van der Waals surface area contributed by atoms with Gasteiger partial charge in [0.15, 0.2) is 0 Å². The first-order chi connectivity index (χ1) is 14.1. The second-order valence-corrected chi connectivity index (χ2v) is 10.2. The standard InChI is InChI=1S/C22H28ClN3O3S/c1-17-5-4-6-21(18(17)2)24-11-13-25(14-12-24)22(27)16-26(30(3,28)29)15-19-7-9-20(23)10-8-19/h4-10H,11-16H2,1-3H3. The first-order valence-electron chi connectivity index (χ1n) is 9.93. The first-order valence-corrected chi connectivity index (χ1v) is 12.2. The van der Waals surface area contributed by atoms with E-state index in [1.165, 1.54) is 21.1 Å². The highest BCUT2D eigenvalue weighted by Crippen LogP contribution is 2.24. The summed E-state index contributed by atoms with van der Waals surface area (Å²) in [5, 5.41) is 0.586. The predicted octanol–water partition coefficient (Wildman–Crippen LogP) is 3.07. The Morgan fingerprint density at radius 3 is 2.27 bits per heavy atom. The van der Waals surface area contributed by atoms with E-state index in [1.54, 1.807) is 29.2 Å². The molecule has 30 heavy (non-hydrogen) atoms. The van der Waals surface area contributed by atoms with Crippen LogP contribution in [0.2, 0.25) is 5.02 Å².